The number of hydrogen-bond acceptors (Lipinski definition) is 4. The van der Waals surface area contributed by atoms with Crippen molar-refractivity contribution in [2.24, 2.45) is 0 Å². The van der Waals surface area contributed by atoms with Crippen molar-refractivity contribution in [3.05, 3.63) is 35.0 Å². The second-order valence-electron chi connectivity index (χ2n) is 5.88. The van der Waals surface area contributed by atoms with Gasteiger partial charge in [-0.2, -0.15) is 0 Å². The first-order valence-electron chi connectivity index (χ1n) is 6.45. The Bertz CT molecular complexity index is 619. The molecule has 2 aromatic rings. The molecule has 0 bridgehead atoms. The van der Waals surface area contributed by atoms with Gasteiger partial charge in [-0.15, -0.1) is 5.10 Å². The van der Waals surface area contributed by atoms with E-state index in [2.05, 4.69) is 25.5 Å². The fourth-order valence-corrected chi connectivity index (χ4v) is 1.78. The van der Waals surface area contributed by atoms with E-state index in [-0.39, 0.29) is 17.1 Å². The van der Waals surface area contributed by atoms with Crippen LogP contribution in [0, 0.1) is 13.8 Å². The first-order chi connectivity index (χ1) is 9.25. The number of nitrogens with one attached hydrogen (secondary N) is 2. The summed E-state index contributed by atoms with van der Waals surface area (Å²) in [5, 5.41) is 9.45. The molecule has 2 heterocycles. The molecule has 0 aliphatic rings. The van der Waals surface area contributed by atoms with Gasteiger partial charge in [-0.1, -0.05) is 20.8 Å². The van der Waals surface area contributed by atoms with Crippen LogP contribution in [0.3, 0.4) is 0 Å². The van der Waals surface area contributed by atoms with Crippen molar-refractivity contribution in [3.63, 3.8) is 0 Å². The Labute approximate surface area is 118 Å². The highest BCUT2D eigenvalue weighted by molar-refractivity contribution is 6.00. The number of nitrogens with zero attached hydrogens (tertiary/aromatic N) is 3. The second kappa shape index (κ2) is 5.03. The summed E-state index contributed by atoms with van der Waals surface area (Å²) in [5.41, 5.74) is 1.72. The van der Waals surface area contributed by atoms with Gasteiger partial charge in [0.2, 0.25) is 5.82 Å². The number of aromatic amines is 1. The number of hydrogen-bond donors (Lipinski definition) is 2. The molecule has 1 amide bonds. The number of H-pyrrole nitrogens is 1. The molecule has 106 valence electrons. The molecular weight excluding hydrogens is 254 g/mol. The Balaban J connectivity index is 2.18. The smallest absolute Gasteiger partial charge is 0.296 e. The van der Waals surface area contributed by atoms with E-state index in [0.29, 0.717) is 11.6 Å². The van der Waals surface area contributed by atoms with Crippen LogP contribution in [0.15, 0.2) is 12.1 Å². The molecule has 0 aromatic carbocycles. The van der Waals surface area contributed by atoms with Gasteiger partial charge in [0.1, 0.15) is 11.6 Å². The summed E-state index contributed by atoms with van der Waals surface area (Å²) in [5.74, 6) is 0.941. The normalized spacial score (nSPS) is 11.4. The van der Waals surface area contributed by atoms with Crippen LogP contribution in [-0.4, -0.2) is 26.1 Å². The molecule has 6 heteroatoms. The fourth-order valence-electron chi connectivity index (χ4n) is 1.78. The Kier molecular flexibility index (Phi) is 3.57. The summed E-state index contributed by atoms with van der Waals surface area (Å²) in [6.45, 7) is 9.84. The number of amides is 1. The van der Waals surface area contributed by atoms with Gasteiger partial charge in [0.05, 0.1) is 0 Å². The van der Waals surface area contributed by atoms with Crippen LogP contribution >= 0.6 is 0 Å². The Morgan fingerprint density at radius 1 is 1.20 bits per heavy atom. The van der Waals surface area contributed by atoms with E-state index < -0.39 is 0 Å². The third-order valence-corrected chi connectivity index (χ3v) is 2.74. The molecule has 0 aliphatic carbocycles. The van der Waals surface area contributed by atoms with Crippen molar-refractivity contribution < 1.29 is 4.79 Å². The third-order valence-electron chi connectivity index (χ3n) is 2.74. The molecule has 0 unspecified atom stereocenters. The zero-order chi connectivity index (χ0) is 14.9. The predicted molar refractivity (Wildman–Crippen MR) is 76.7 cm³/mol. The van der Waals surface area contributed by atoms with E-state index in [1.54, 1.807) is 0 Å². The monoisotopic (exact) mass is 273 g/mol. The van der Waals surface area contributed by atoms with Crippen LogP contribution in [0.4, 0.5) is 5.82 Å². The van der Waals surface area contributed by atoms with E-state index in [1.807, 2.05) is 46.8 Å². The average Bonchev–Trinajstić information content (AvgIpc) is 2.75. The van der Waals surface area contributed by atoms with Gasteiger partial charge < -0.3 is 5.32 Å². The number of rotatable bonds is 2. The highest BCUT2D eigenvalue weighted by atomic mass is 16.2. The van der Waals surface area contributed by atoms with Crippen LogP contribution in [0.2, 0.25) is 0 Å². The van der Waals surface area contributed by atoms with Gasteiger partial charge in [-0.3, -0.25) is 9.89 Å². The number of carbonyl (C=O) groups is 1. The maximum Gasteiger partial charge on any atom is 0.296 e. The minimum Gasteiger partial charge on any atom is -0.304 e. The largest absolute Gasteiger partial charge is 0.304 e. The first-order valence-corrected chi connectivity index (χ1v) is 6.45. The lowest BCUT2D eigenvalue weighted by atomic mass is 9.96. The van der Waals surface area contributed by atoms with Crippen LogP contribution in [-0.2, 0) is 5.41 Å². The Morgan fingerprint density at radius 3 is 2.45 bits per heavy atom. The summed E-state index contributed by atoms with van der Waals surface area (Å²) in [7, 11) is 0. The lowest BCUT2D eigenvalue weighted by molar-refractivity contribution is 0.101. The molecule has 0 fully saturated rings. The molecule has 20 heavy (non-hydrogen) atoms. The average molecular weight is 273 g/mol. The van der Waals surface area contributed by atoms with Gasteiger partial charge in [0, 0.05) is 11.1 Å². The molecule has 0 atom stereocenters. The van der Waals surface area contributed by atoms with Gasteiger partial charge in [0.15, 0.2) is 0 Å². The predicted octanol–water partition coefficient (Wildman–Crippen LogP) is 2.37. The Morgan fingerprint density at radius 2 is 1.90 bits per heavy atom. The minimum absolute atomic E-state index is 0.121. The zero-order valence-electron chi connectivity index (χ0n) is 12.4. The molecule has 0 saturated heterocycles. The molecule has 6 nitrogen and oxygen atoms in total. The number of anilines is 1. The van der Waals surface area contributed by atoms with Gasteiger partial charge in [-0.05, 0) is 31.5 Å². The second-order valence-corrected chi connectivity index (χ2v) is 5.88. The molecule has 2 aromatic heterocycles. The topological polar surface area (TPSA) is 83.6 Å². The molecule has 0 radical (unpaired) electrons. The van der Waals surface area contributed by atoms with Crippen LogP contribution < -0.4 is 5.32 Å². The number of aryl methyl sites for hydroxylation is 2. The van der Waals surface area contributed by atoms with Crippen LogP contribution in [0.5, 0.6) is 0 Å². The van der Waals surface area contributed by atoms with Crippen LogP contribution in [0.25, 0.3) is 0 Å². The number of pyridine rings is 1. The molecule has 0 saturated carbocycles. The highest BCUT2D eigenvalue weighted by Gasteiger charge is 2.21. The summed E-state index contributed by atoms with van der Waals surface area (Å²) in [6.07, 6.45) is 0. The molecule has 0 aliphatic heterocycles. The van der Waals surface area contributed by atoms with Gasteiger partial charge >= 0.3 is 0 Å². The van der Waals surface area contributed by atoms with Crippen molar-refractivity contribution in [1.82, 2.24) is 20.2 Å². The van der Waals surface area contributed by atoms with Crippen molar-refractivity contribution >= 4 is 11.7 Å². The maximum atomic E-state index is 12.1. The number of carbonyl (C=O) groups excluding carboxylic acids is 1. The van der Waals surface area contributed by atoms with E-state index in [1.165, 1.54) is 0 Å². The molecule has 0 spiro atoms. The van der Waals surface area contributed by atoms with E-state index in [4.69, 9.17) is 0 Å². The quantitative estimate of drug-likeness (QED) is 0.879. The lowest BCUT2D eigenvalue weighted by Crippen LogP contribution is -2.16. The first kappa shape index (κ1) is 14.2. The van der Waals surface area contributed by atoms with Crippen molar-refractivity contribution in [3.8, 4) is 0 Å². The fraction of sp³-hybridized carbons (Fsp3) is 0.429. The zero-order valence-corrected chi connectivity index (χ0v) is 12.4. The Hall–Kier alpha value is -2.24. The highest BCUT2D eigenvalue weighted by Crippen LogP contribution is 2.17. The van der Waals surface area contributed by atoms with Crippen LogP contribution in [0.1, 0.15) is 48.5 Å². The molecule has 2 N–H and O–H groups in total. The lowest BCUT2D eigenvalue weighted by Gasteiger charge is -2.12. The van der Waals surface area contributed by atoms with Crippen molar-refractivity contribution in [2.75, 3.05) is 5.32 Å². The van der Waals surface area contributed by atoms with E-state index in [9.17, 15) is 4.79 Å². The summed E-state index contributed by atoms with van der Waals surface area (Å²) in [6, 6.07) is 3.75. The minimum atomic E-state index is -0.366. The SMILES string of the molecule is Cc1cc(C)nc(NC(=O)c2n[nH]c(C(C)(C)C)n2)c1. The molecular formula is C14H19N5O. The van der Waals surface area contributed by atoms with Crippen molar-refractivity contribution in [2.45, 2.75) is 40.0 Å². The number of aromatic nitrogens is 4. The third kappa shape index (κ3) is 3.20. The van der Waals surface area contributed by atoms with Gasteiger partial charge in [-0.25, -0.2) is 9.97 Å². The summed E-state index contributed by atoms with van der Waals surface area (Å²) >= 11 is 0. The summed E-state index contributed by atoms with van der Waals surface area (Å²) < 4.78 is 0. The standard InChI is InChI=1S/C14H19N5O/c1-8-6-9(2)15-10(7-8)16-12(20)11-17-13(19-18-11)14(3,4)5/h6-7H,1-5H3,(H,15,16,20)(H,17,18,19). The van der Waals surface area contributed by atoms with Crippen molar-refractivity contribution in [1.29, 1.82) is 0 Å². The van der Waals surface area contributed by atoms with Gasteiger partial charge in [0.25, 0.3) is 5.91 Å². The summed E-state index contributed by atoms with van der Waals surface area (Å²) in [4.78, 5) is 20.6. The molecule has 2 rings (SSSR count). The maximum absolute atomic E-state index is 12.1. The van der Waals surface area contributed by atoms with E-state index in [0.717, 1.165) is 11.3 Å². The van der Waals surface area contributed by atoms with E-state index >= 15 is 0 Å².